The smallest absolute Gasteiger partial charge is 0.159 e. The normalized spacial score (nSPS) is 19.3. The molecular formula is C21H24N4O. The number of aromatic nitrogens is 3. The first-order valence-electron chi connectivity index (χ1n) is 9.66. The molecule has 0 aromatic carbocycles. The highest BCUT2D eigenvalue weighted by Crippen LogP contribution is 2.40. The fourth-order valence-corrected chi connectivity index (χ4v) is 4.01. The number of rotatable bonds is 4. The predicted octanol–water partition coefficient (Wildman–Crippen LogP) is 4.18. The first kappa shape index (κ1) is 15.9. The molecule has 0 amide bonds. The fourth-order valence-electron chi connectivity index (χ4n) is 4.01. The second-order valence-corrected chi connectivity index (χ2v) is 7.81. The zero-order valence-electron chi connectivity index (χ0n) is 15.2. The van der Waals surface area contributed by atoms with Crippen LogP contribution in [0.25, 0.3) is 11.0 Å². The number of pyridine rings is 2. The van der Waals surface area contributed by atoms with Crippen LogP contribution < -0.4 is 0 Å². The Morgan fingerprint density at radius 2 is 1.92 bits per heavy atom. The second kappa shape index (κ2) is 6.47. The molecule has 2 fully saturated rings. The van der Waals surface area contributed by atoms with Crippen LogP contribution in [-0.4, -0.2) is 33.1 Å². The van der Waals surface area contributed by atoms with Crippen LogP contribution in [0.4, 0.5) is 0 Å². The SMILES string of the molecule is Cc1cc(CN2CCC(c3ccc4cc(C5CC5)cnc4n3)CC2)on1. The minimum absolute atomic E-state index is 0.525. The van der Waals surface area contributed by atoms with Crippen LogP contribution >= 0.6 is 0 Å². The van der Waals surface area contributed by atoms with Crippen molar-refractivity contribution in [1.29, 1.82) is 0 Å². The molecule has 1 aliphatic heterocycles. The summed E-state index contributed by atoms with van der Waals surface area (Å²) in [6.07, 6.45) is 6.91. The predicted molar refractivity (Wildman–Crippen MR) is 100 cm³/mol. The van der Waals surface area contributed by atoms with Gasteiger partial charge in [0.15, 0.2) is 11.4 Å². The van der Waals surface area contributed by atoms with E-state index in [0.717, 1.165) is 55.5 Å². The maximum Gasteiger partial charge on any atom is 0.159 e. The Morgan fingerprint density at radius 3 is 2.65 bits per heavy atom. The standard InChI is InChI=1S/C21H24N4O/c1-14-10-19(26-24-14)13-25-8-6-16(7-9-25)20-5-4-17-11-18(15-2-3-15)12-22-21(17)23-20/h4-5,10-12,15-16H,2-3,6-9,13H2,1H3. The van der Waals surface area contributed by atoms with Crippen molar-refractivity contribution >= 4 is 11.0 Å². The van der Waals surface area contributed by atoms with Crippen LogP contribution in [-0.2, 0) is 6.54 Å². The van der Waals surface area contributed by atoms with Gasteiger partial charge in [-0.05, 0) is 75.4 Å². The second-order valence-electron chi connectivity index (χ2n) is 7.81. The zero-order valence-corrected chi connectivity index (χ0v) is 15.2. The lowest BCUT2D eigenvalue weighted by atomic mass is 9.92. The minimum Gasteiger partial charge on any atom is -0.360 e. The Labute approximate surface area is 153 Å². The molecule has 1 saturated heterocycles. The molecule has 0 unspecified atom stereocenters. The van der Waals surface area contributed by atoms with E-state index in [1.807, 2.05) is 19.2 Å². The molecule has 1 saturated carbocycles. The number of likely N-dealkylation sites (tertiary alicyclic amines) is 1. The average Bonchev–Trinajstić information content (AvgIpc) is 3.44. The lowest BCUT2D eigenvalue weighted by Gasteiger charge is -2.30. The van der Waals surface area contributed by atoms with Crippen LogP contribution in [0, 0.1) is 6.92 Å². The van der Waals surface area contributed by atoms with Crippen molar-refractivity contribution in [2.75, 3.05) is 13.1 Å². The first-order valence-corrected chi connectivity index (χ1v) is 9.66. The maximum absolute atomic E-state index is 5.35. The molecule has 5 heteroatoms. The summed E-state index contributed by atoms with van der Waals surface area (Å²) >= 11 is 0. The van der Waals surface area contributed by atoms with Crippen molar-refractivity contribution < 1.29 is 4.52 Å². The van der Waals surface area contributed by atoms with Gasteiger partial charge in [0.2, 0.25) is 0 Å². The summed E-state index contributed by atoms with van der Waals surface area (Å²) in [4.78, 5) is 11.9. The van der Waals surface area contributed by atoms with E-state index in [9.17, 15) is 0 Å². The molecule has 1 aliphatic carbocycles. The quantitative estimate of drug-likeness (QED) is 0.708. The molecule has 134 valence electrons. The van der Waals surface area contributed by atoms with Crippen LogP contribution in [0.5, 0.6) is 0 Å². The van der Waals surface area contributed by atoms with Gasteiger partial charge in [-0.2, -0.15) is 0 Å². The van der Waals surface area contributed by atoms with Gasteiger partial charge in [0.05, 0.1) is 12.2 Å². The van der Waals surface area contributed by atoms with Gasteiger partial charge < -0.3 is 4.52 Å². The average molecular weight is 348 g/mol. The Balaban J connectivity index is 1.26. The van der Waals surface area contributed by atoms with E-state index in [2.05, 4.69) is 33.2 Å². The highest BCUT2D eigenvalue weighted by Gasteiger charge is 2.25. The van der Waals surface area contributed by atoms with E-state index in [1.165, 1.54) is 29.5 Å². The number of fused-ring (bicyclic) bond motifs is 1. The largest absolute Gasteiger partial charge is 0.360 e. The lowest BCUT2D eigenvalue weighted by molar-refractivity contribution is 0.183. The van der Waals surface area contributed by atoms with Gasteiger partial charge in [0.1, 0.15) is 0 Å². The third-order valence-electron chi connectivity index (χ3n) is 5.70. The lowest BCUT2D eigenvalue weighted by Crippen LogP contribution is -2.32. The zero-order chi connectivity index (χ0) is 17.5. The van der Waals surface area contributed by atoms with Crippen LogP contribution in [0.3, 0.4) is 0 Å². The van der Waals surface area contributed by atoms with E-state index in [4.69, 9.17) is 9.51 Å². The number of hydrogen-bond acceptors (Lipinski definition) is 5. The molecule has 4 heterocycles. The summed E-state index contributed by atoms with van der Waals surface area (Å²) in [6, 6.07) is 8.72. The summed E-state index contributed by atoms with van der Waals surface area (Å²) in [7, 11) is 0. The summed E-state index contributed by atoms with van der Waals surface area (Å²) in [5.41, 5.74) is 4.42. The van der Waals surface area contributed by atoms with Gasteiger partial charge in [0, 0.05) is 29.3 Å². The van der Waals surface area contributed by atoms with Gasteiger partial charge in [-0.1, -0.05) is 5.16 Å². The third-order valence-corrected chi connectivity index (χ3v) is 5.70. The van der Waals surface area contributed by atoms with E-state index in [0.29, 0.717) is 5.92 Å². The molecule has 0 spiro atoms. The number of hydrogen-bond donors (Lipinski definition) is 0. The van der Waals surface area contributed by atoms with Crippen LogP contribution in [0.15, 0.2) is 35.0 Å². The summed E-state index contributed by atoms with van der Waals surface area (Å²) in [6.45, 7) is 4.95. The minimum atomic E-state index is 0.525. The van der Waals surface area contributed by atoms with Gasteiger partial charge in [-0.25, -0.2) is 9.97 Å². The molecule has 0 N–H and O–H groups in total. The molecule has 0 bridgehead atoms. The molecule has 0 radical (unpaired) electrons. The Bertz CT molecular complexity index is 923. The van der Waals surface area contributed by atoms with Crippen molar-refractivity contribution in [2.45, 2.75) is 51.0 Å². The van der Waals surface area contributed by atoms with E-state index in [-0.39, 0.29) is 0 Å². The van der Waals surface area contributed by atoms with Gasteiger partial charge >= 0.3 is 0 Å². The van der Waals surface area contributed by atoms with Gasteiger partial charge in [-0.3, -0.25) is 4.90 Å². The highest BCUT2D eigenvalue weighted by atomic mass is 16.5. The number of aryl methyl sites for hydroxylation is 1. The number of piperidine rings is 1. The van der Waals surface area contributed by atoms with Gasteiger partial charge in [0.25, 0.3) is 0 Å². The number of nitrogens with zero attached hydrogens (tertiary/aromatic N) is 4. The summed E-state index contributed by atoms with van der Waals surface area (Å²) in [5.74, 6) is 2.22. The van der Waals surface area contributed by atoms with Crippen LogP contribution in [0.2, 0.25) is 0 Å². The van der Waals surface area contributed by atoms with Crippen molar-refractivity contribution in [3.05, 3.63) is 53.2 Å². The molecule has 5 nitrogen and oxygen atoms in total. The molecule has 3 aromatic rings. The highest BCUT2D eigenvalue weighted by molar-refractivity contribution is 5.75. The van der Waals surface area contributed by atoms with Crippen molar-refractivity contribution in [2.24, 2.45) is 0 Å². The summed E-state index contributed by atoms with van der Waals surface area (Å²) in [5, 5.41) is 5.15. The Hall–Kier alpha value is -2.27. The van der Waals surface area contributed by atoms with Gasteiger partial charge in [-0.15, -0.1) is 0 Å². The Kier molecular flexibility index (Phi) is 3.97. The molecule has 2 aliphatic rings. The van der Waals surface area contributed by atoms with Crippen LogP contribution in [0.1, 0.15) is 60.2 Å². The van der Waals surface area contributed by atoms with Crippen molar-refractivity contribution in [1.82, 2.24) is 20.0 Å². The molecular weight excluding hydrogens is 324 g/mol. The fraction of sp³-hybridized carbons (Fsp3) is 0.476. The molecule has 3 aromatic heterocycles. The third kappa shape index (κ3) is 3.23. The van der Waals surface area contributed by atoms with Crippen molar-refractivity contribution in [3.8, 4) is 0 Å². The molecule has 26 heavy (non-hydrogen) atoms. The maximum atomic E-state index is 5.35. The van der Waals surface area contributed by atoms with E-state index < -0.39 is 0 Å². The molecule has 0 atom stereocenters. The molecule has 5 rings (SSSR count). The Morgan fingerprint density at radius 1 is 1.08 bits per heavy atom. The van der Waals surface area contributed by atoms with E-state index in [1.54, 1.807) is 0 Å². The summed E-state index contributed by atoms with van der Waals surface area (Å²) < 4.78 is 5.35. The van der Waals surface area contributed by atoms with Crippen molar-refractivity contribution in [3.63, 3.8) is 0 Å². The van der Waals surface area contributed by atoms with E-state index >= 15 is 0 Å². The monoisotopic (exact) mass is 348 g/mol. The topological polar surface area (TPSA) is 55.1 Å². The first-order chi connectivity index (χ1) is 12.7.